The largest absolute Gasteiger partial charge is 0.354 e. The third-order valence-corrected chi connectivity index (χ3v) is 2.92. The summed E-state index contributed by atoms with van der Waals surface area (Å²) in [6.45, 7) is 3.50. The molecule has 2 amide bonds. The lowest BCUT2D eigenvalue weighted by Gasteiger charge is -2.22. The number of allylic oxidation sites excluding steroid dienone is 1. The van der Waals surface area contributed by atoms with Crippen LogP contribution in [-0.4, -0.2) is 37.5 Å². The van der Waals surface area contributed by atoms with Crippen molar-refractivity contribution in [1.82, 2.24) is 16.0 Å². The van der Waals surface area contributed by atoms with Crippen molar-refractivity contribution < 1.29 is 9.59 Å². The molecule has 1 unspecified atom stereocenters. The molecular weight excluding hydrogens is 230 g/mol. The van der Waals surface area contributed by atoms with Gasteiger partial charge in [-0.25, -0.2) is 0 Å². The topological polar surface area (TPSA) is 70.2 Å². The highest BCUT2D eigenvalue weighted by Gasteiger charge is 2.20. The van der Waals surface area contributed by atoms with E-state index in [1.165, 1.54) is 0 Å². The van der Waals surface area contributed by atoms with Crippen LogP contribution in [0, 0.1) is 0 Å². The number of hydrogen-bond donors (Lipinski definition) is 3. The minimum absolute atomic E-state index is 0.0624. The van der Waals surface area contributed by atoms with Gasteiger partial charge in [0.25, 0.3) is 0 Å². The highest BCUT2D eigenvalue weighted by Crippen LogP contribution is 2.06. The quantitative estimate of drug-likeness (QED) is 0.472. The molecule has 0 aromatic heterocycles. The lowest BCUT2D eigenvalue weighted by molar-refractivity contribution is -0.127. The van der Waals surface area contributed by atoms with Crippen LogP contribution in [0.2, 0.25) is 0 Å². The average molecular weight is 253 g/mol. The van der Waals surface area contributed by atoms with Crippen molar-refractivity contribution in [2.24, 2.45) is 0 Å². The van der Waals surface area contributed by atoms with E-state index in [0.29, 0.717) is 6.54 Å². The van der Waals surface area contributed by atoms with E-state index < -0.39 is 0 Å². The van der Waals surface area contributed by atoms with Crippen molar-refractivity contribution in [3.8, 4) is 0 Å². The van der Waals surface area contributed by atoms with E-state index >= 15 is 0 Å². The predicted octanol–water partition coefficient (Wildman–Crippen LogP) is 0.327. The number of amides is 2. The average Bonchev–Trinajstić information content (AvgIpc) is 2.42. The molecule has 0 radical (unpaired) electrons. The third kappa shape index (κ3) is 5.82. The fraction of sp³-hybridized carbons (Fsp3) is 0.692. The molecule has 1 atom stereocenters. The molecule has 1 aliphatic heterocycles. The van der Waals surface area contributed by atoms with Crippen molar-refractivity contribution in [1.29, 1.82) is 0 Å². The van der Waals surface area contributed by atoms with Crippen LogP contribution in [0.1, 0.15) is 32.6 Å². The van der Waals surface area contributed by atoms with Crippen LogP contribution in [0.5, 0.6) is 0 Å². The normalized spacial score (nSPS) is 19.7. The van der Waals surface area contributed by atoms with E-state index in [9.17, 15) is 9.59 Å². The molecule has 5 heteroatoms. The smallest absolute Gasteiger partial charge is 0.239 e. The molecule has 1 fully saturated rings. The Kier molecular flexibility index (Phi) is 7.10. The molecule has 1 rings (SSSR count). The number of piperidine rings is 1. The minimum Gasteiger partial charge on any atom is -0.354 e. The van der Waals surface area contributed by atoms with Gasteiger partial charge in [0.05, 0.1) is 12.6 Å². The summed E-state index contributed by atoms with van der Waals surface area (Å²) < 4.78 is 0. The van der Waals surface area contributed by atoms with Crippen LogP contribution in [0.3, 0.4) is 0 Å². The highest BCUT2D eigenvalue weighted by atomic mass is 16.2. The molecule has 5 nitrogen and oxygen atoms in total. The lowest BCUT2D eigenvalue weighted by atomic mass is 10.0. The van der Waals surface area contributed by atoms with Gasteiger partial charge in [-0.3, -0.25) is 9.59 Å². The summed E-state index contributed by atoms with van der Waals surface area (Å²) in [5.74, 6) is -0.207. The lowest BCUT2D eigenvalue weighted by Crippen LogP contribution is -2.49. The zero-order valence-electron chi connectivity index (χ0n) is 11.0. The monoisotopic (exact) mass is 253 g/mol. The van der Waals surface area contributed by atoms with Crippen LogP contribution < -0.4 is 16.0 Å². The van der Waals surface area contributed by atoms with Gasteiger partial charge in [-0.15, -0.1) is 0 Å². The highest BCUT2D eigenvalue weighted by molar-refractivity contribution is 5.87. The summed E-state index contributed by atoms with van der Waals surface area (Å²) in [5, 5.41) is 8.56. The molecule has 0 aromatic carbocycles. The van der Waals surface area contributed by atoms with Gasteiger partial charge in [-0.05, 0) is 32.7 Å². The number of carbonyl (C=O) groups excluding carboxylic acids is 2. The second-order valence-electron chi connectivity index (χ2n) is 4.43. The Balaban J connectivity index is 2.11. The number of nitrogens with one attached hydrogen (secondary N) is 3. The Labute approximate surface area is 108 Å². The maximum Gasteiger partial charge on any atom is 0.239 e. The Bertz CT molecular complexity index is 297. The third-order valence-electron chi connectivity index (χ3n) is 2.92. The second kappa shape index (κ2) is 8.69. The molecule has 1 saturated heterocycles. The van der Waals surface area contributed by atoms with E-state index in [-0.39, 0.29) is 24.4 Å². The van der Waals surface area contributed by atoms with Crippen LogP contribution in [0.25, 0.3) is 0 Å². The SMILES string of the molecule is C/C=C\CCNC(=O)CNC(=O)C1CCCCN1. The van der Waals surface area contributed by atoms with Gasteiger partial charge in [0, 0.05) is 6.54 Å². The Morgan fingerprint density at radius 1 is 1.33 bits per heavy atom. The fourth-order valence-electron chi connectivity index (χ4n) is 1.89. The summed E-state index contributed by atoms with van der Waals surface area (Å²) in [5.41, 5.74) is 0. The first-order valence-electron chi connectivity index (χ1n) is 6.63. The van der Waals surface area contributed by atoms with Crippen molar-refractivity contribution in [3.05, 3.63) is 12.2 Å². The van der Waals surface area contributed by atoms with E-state index in [4.69, 9.17) is 0 Å². The molecule has 102 valence electrons. The molecule has 0 bridgehead atoms. The Hall–Kier alpha value is -1.36. The van der Waals surface area contributed by atoms with Gasteiger partial charge in [0.1, 0.15) is 0 Å². The standard InChI is InChI=1S/C13H23N3O2/c1-2-3-5-9-15-12(17)10-16-13(18)11-7-4-6-8-14-11/h2-3,11,14H,4-10H2,1H3,(H,15,17)(H,16,18)/b3-2-. The van der Waals surface area contributed by atoms with Crippen molar-refractivity contribution in [2.45, 2.75) is 38.6 Å². The molecule has 3 N–H and O–H groups in total. The van der Waals surface area contributed by atoms with Crippen LogP contribution in [-0.2, 0) is 9.59 Å². The van der Waals surface area contributed by atoms with Crippen LogP contribution in [0.4, 0.5) is 0 Å². The first-order chi connectivity index (χ1) is 8.74. The van der Waals surface area contributed by atoms with Crippen molar-refractivity contribution in [2.75, 3.05) is 19.6 Å². The second-order valence-corrected chi connectivity index (χ2v) is 4.43. The molecule has 0 aliphatic carbocycles. The molecule has 1 heterocycles. The zero-order valence-corrected chi connectivity index (χ0v) is 11.0. The summed E-state index contributed by atoms with van der Waals surface area (Å²) >= 11 is 0. The van der Waals surface area contributed by atoms with Gasteiger partial charge in [0.2, 0.25) is 11.8 Å². The van der Waals surface area contributed by atoms with E-state index in [0.717, 1.165) is 32.2 Å². The zero-order chi connectivity index (χ0) is 13.2. The maximum absolute atomic E-state index is 11.7. The summed E-state index contributed by atoms with van der Waals surface area (Å²) in [6, 6.07) is -0.130. The van der Waals surface area contributed by atoms with Crippen molar-refractivity contribution in [3.63, 3.8) is 0 Å². The first-order valence-corrected chi connectivity index (χ1v) is 6.63. The minimum atomic E-state index is -0.135. The van der Waals surface area contributed by atoms with Gasteiger partial charge in [-0.1, -0.05) is 18.6 Å². The predicted molar refractivity (Wildman–Crippen MR) is 71.1 cm³/mol. The first kappa shape index (κ1) is 14.7. The fourth-order valence-corrected chi connectivity index (χ4v) is 1.89. The van der Waals surface area contributed by atoms with E-state index in [1.807, 2.05) is 19.1 Å². The number of carbonyl (C=O) groups is 2. The maximum atomic E-state index is 11.7. The summed E-state index contributed by atoms with van der Waals surface area (Å²) in [7, 11) is 0. The Morgan fingerprint density at radius 2 is 2.17 bits per heavy atom. The van der Waals surface area contributed by atoms with E-state index in [2.05, 4.69) is 16.0 Å². The molecular formula is C13H23N3O2. The van der Waals surface area contributed by atoms with Crippen LogP contribution in [0.15, 0.2) is 12.2 Å². The number of hydrogen-bond acceptors (Lipinski definition) is 3. The molecule has 18 heavy (non-hydrogen) atoms. The summed E-state index contributed by atoms with van der Waals surface area (Å²) in [4.78, 5) is 23.1. The molecule has 0 spiro atoms. The molecule has 0 aromatic rings. The summed E-state index contributed by atoms with van der Waals surface area (Å²) in [6.07, 6.45) is 7.80. The van der Waals surface area contributed by atoms with Crippen LogP contribution >= 0.6 is 0 Å². The van der Waals surface area contributed by atoms with Gasteiger partial charge in [0.15, 0.2) is 0 Å². The van der Waals surface area contributed by atoms with Gasteiger partial charge in [-0.2, -0.15) is 0 Å². The Morgan fingerprint density at radius 3 is 2.83 bits per heavy atom. The van der Waals surface area contributed by atoms with E-state index in [1.54, 1.807) is 0 Å². The number of rotatable bonds is 6. The molecule has 1 aliphatic rings. The van der Waals surface area contributed by atoms with Gasteiger partial charge < -0.3 is 16.0 Å². The molecule has 0 saturated carbocycles. The van der Waals surface area contributed by atoms with Gasteiger partial charge >= 0.3 is 0 Å². The van der Waals surface area contributed by atoms with Crippen molar-refractivity contribution >= 4 is 11.8 Å².